The first-order chi connectivity index (χ1) is 9.45. The molecule has 6 heteroatoms. The number of benzene rings is 1. The summed E-state index contributed by atoms with van der Waals surface area (Å²) in [6.45, 7) is 3.97. The molecule has 0 aliphatic heterocycles. The second-order valence-corrected chi connectivity index (χ2v) is 5.56. The van der Waals surface area contributed by atoms with E-state index in [0.717, 1.165) is 21.8 Å². The number of pyridine rings is 1. The number of nitrogen functional groups attached to an aromatic ring is 1. The Morgan fingerprint density at radius 3 is 2.70 bits per heavy atom. The highest BCUT2D eigenvalue weighted by Crippen LogP contribution is 2.27. The summed E-state index contributed by atoms with van der Waals surface area (Å²) in [4.78, 5) is 14.8. The average molecular weight is 289 g/mol. The van der Waals surface area contributed by atoms with Gasteiger partial charge in [-0.3, -0.25) is 10.1 Å². The normalized spacial score (nSPS) is 10.5. The number of anilines is 1. The Morgan fingerprint density at radius 1 is 1.30 bits per heavy atom. The SMILES string of the molecule is Cc1cc(C)nc(SCc2ccc(N)c([N+](=O)[O-])c2)c1. The van der Waals surface area contributed by atoms with Crippen molar-refractivity contribution in [2.75, 3.05) is 5.73 Å². The first-order valence-electron chi connectivity index (χ1n) is 6.06. The fourth-order valence-corrected chi connectivity index (χ4v) is 2.84. The third-order valence-corrected chi connectivity index (χ3v) is 3.74. The van der Waals surface area contributed by atoms with Gasteiger partial charge in [-0.25, -0.2) is 4.98 Å². The largest absolute Gasteiger partial charge is 0.393 e. The lowest BCUT2D eigenvalue weighted by Crippen LogP contribution is -1.96. The van der Waals surface area contributed by atoms with Crippen LogP contribution in [0.3, 0.4) is 0 Å². The third-order valence-electron chi connectivity index (χ3n) is 2.75. The number of hydrogen-bond donors (Lipinski definition) is 1. The lowest BCUT2D eigenvalue weighted by atomic mass is 10.2. The minimum absolute atomic E-state index is 0.0449. The molecule has 0 fully saturated rings. The lowest BCUT2D eigenvalue weighted by Gasteiger charge is -2.05. The van der Waals surface area contributed by atoms with Crippen LogP contribution in [0.2, 0.25) is 0 Å². The van der Waals surface area contributed by atoms with Gasteiger partial charge in [0.15, 0.2) is 0 Å². The quantitative estimate of drug-likeness (QED) is 0.403. The van der Waals surface area contributed by atoms with Crippen molar-refractivity contribution in [1.82, 2.24) is 4.98 Å². The maximum atomic E-state index is 10.8. The van der Waals surface area contributed by atoms with Crippen LogP contribution < -0.4 is 5.73 Å². The Morgan fingerprint density at radius 2 is 2.05 bits per heavy atom. The van der Waals surface area contributed by atoms with Gasteiger partial charge in [-0.1, -0.05) is 6.07 Å². The van der Waals surface area contributed by atoms with Crippen LogP contribution in [0.5, 0.6) is 0 Å². The molecule has 0 saturated heterocycles. The zero-order valence-electron chi connectivity index (χ0n) is 11.3. The zero-order valence-corrected chi connectivity index (χ0v) is 12.1. The molecule has 2 rings (SSSR count). The van der Waals surface area contributed by atoms with Crippen LogP contribution in [0.15, 0.2) is 35.4 Å². The van der Waals surface area contributed by atoms with Crippen molar-refractivity contribution in [3.63, 3.8) is 0 Å². The molecule has 0 aliphatic carbocycles. The molecule has 2 N–H and O–H groups in total. The monoisotopic (exact) mass is 289 g/mol. The van der Waals surface area contributed by atoms with Crippen LogP contribution in [0.4, 0.5) is 11.4 Å². The summed E-state index contributed by atoms with van der Waals surface area (Å²) in [6, 6.07) is 8.91. The second-order valence-electron chi connectivity index (χ2n) is 4.56. The molecule has 5 nitrogen and oxygen atoms in total. The smallest absolute Gasteiger partial charge is 0.292 e. The van der Waals surface area contributed by atoms with E-state index in [1.165, 1.54) is 6.07 Å². The van der Waals surface area contributed by atoms with Crippen molar-refractivity contribution in [2.45, 2.75) is 24.6 Å². The van der Waals surface area contributed by atoms with Crippen molar-refractivity contribution in [3.8, 4) is 0 Å². The fourth-order valence-electron chi connectivity index (χ4n) is 1.87. The van der Waals surface area contributed by atoms with E-state index < -0.39 is 4.92 Å². The highest BCUT2D eigenvalue weighted by Gasteiger charge is 2.12. The maximum absolute atomic E-state index is 10.8. The molecular formula is C14H15N3O2S. The number of hydrogen-bond acceptors (Lipinski definition) is 5. The molecule has 0 saturated carbocycles. The minimum atomic E-state index is -0.460. The Balaban J connectivity index is 2.14. The van der Waals surface area contributed by atoms with E-state index in [1.807, 2.05) is 26.0 Å². The first-order valence-corrected chi connectivity index (χ1v) is 7.05. The molecule has 0 atom stereocenters. The summed E-state index contributed by atoms with van der Waals surface area (Å²) in [5, 5.41) is 11.8. The summed E-state index contributed by atoms with van der Waals surface area (Å²) in [7, 11) is 0. The second kappa shape index (κ2) is 5.92. The fraction of sp³-hybridized carbons (Fsp3) is 0.214. The molecule has 0 aliphatic rings. The number of nitro groups is 1. The molecule has 2 aromatic rings. The van der Waals surface area contributed by atoms with E-state index in [4.69, 9.17) is 5.73 Å². The molecule has 0 unspecified atom stereocenters. The average Bonchev–Trinajstić information content (AvgIpc) is 2.36. The number of rotatable bonds is 4. The van der Waals surface area contributed by atoms with Gasteiger partial charge in [0.2, 0.25) is 0 Å². The Bertz CT molecular complexity index is 639. The van der Waals surface area contributed by atoms with Crippen molar-refractivity contribution in [1.29, 1.82) is 0 Å². The van der Waals surface area contributed by atoms with E-state index in [2.05, 4.69) is 4.98 Å². The van der Waals surface area contributed by atoms with Gasteiger partial charge in [-0.15, -0.1) is 11.8 Å². The van der Waals surface area contributed by atoms with Crippen molar-refractivity contribution in [3.05, 3.63) is 57.3 Å². The highest BCUT2D eigenvalue weighted by atomic mass is 32.2. The minimum Gasteiger partial charge on any atom is -0.393 e. The molecule has 104 valence electrons. The van der Waals surface area contributed by atoms with Crippen LogP contribution in [0.1, 0.15) is 16.8 Å². The van der Waals surface area contributed by atoms with Crippen molar-refractivity contribution in [2.24, 2.45) is 0 Å². The summed E-state index contributed by atoms with van der Waals surface area (Å²) in [5.74, 6) is 0.622. The van der Waals surface area contributed by atoms with Gasteiger partial charge in [0, 0.05) is 17.5 Å². The zero-order chi connectivity index (χ0) is 14.7. The van der Waals surface area contributed by atoms with Gasteiger partial charge in [-0.05, 0) is 43.2 Å². The van der Waals surface area contributed by atoms with Crippen LogP contribution in [0.25, 0.3) is 0 Å². The van der Waals surface area contributed by atoms with Gasteiger partial charge in [0.25, 0.3) is 5.69 Å². The van der Waals surface area contributed by atoms with Crippen molar-refractivity contribution < 1.29 is 4.92 Å². The molecule has 1 heterocycles. The van der Waals surface area contributed by atoms with Gasteiger partial charge in [0.05, 0.1) is 9.95 Å². The molecule has 0 amide bonds. The first kappa shape index (κ1) is 14.3. The van der Waals surface area contributed by atoms with E-state index in [-0.39, 0.29) is 11.4 Å². The Hall–Kier alpha value is -2.08. The van der Waals surface area contributed by atoms with Crippen LogP contribution in [-0.4, -0.2) is 9.91 Å². The predicted octanol–water partition coefficient (Wildman–Crippen LogP) is 3.48. The number of nitrogens with zero attached hydrogens (tertiary/aromatic N) is 2. The number of nitrogens with two attached hydrogens (primary N) is 1. The van der Waals surface area contributed by atoms with Gasteiger partial charge < -0.3 is 5.73 Å². The molecule has 1 aromatic heterocycles. The molecule has 0 bridgehead atoms. The van der Waals surface area contributed by atoms with E-state index in [1.54, 1.807) is 23.9 Å². The number of aromatic nitrogens is 1. The van der Waals surface area contributed by atoms with Gasteiger partial charge in [-0.2, -0.15) is 0 Å². The lowest BCUT2D eigenvalue weighted by molar-refractivity contribution is -0.383. The van der Waals surface area contributed by atoms with Crippen molar-refractivity contribution >= 4 is 23.1 Å². The van der Waals surface area contributed by atoms with Crippen LogP contribution in [-0.2, 0) is 5.75 Å². The Kier molecular flexibility index (Phi) is 4.24. The van der Waals surface area contributed by atoms with Crippen LogP contribution in [0, 0.1) is 24.0 Å². The van der Waals surface area contributed by atoms with E-state index >= 15 is 0 Å². The van der Waals surface area contributed by atoms with Crippen LogP contribution >= 0.6 is 11.8 Å². The maximum Gasteiger partial charge on any atom is 0.292 e. The third kappa shape index (κ3) is 3.48. The summed E-state index contributed by atoms with van der Waals surface area (Å²) < 4.78 is 0. The molecular weight excluding hydrogens is 274 g/mol. The number of nitro benzene ring substituents is 1. The predicted molar refractivity (Wildman–Crippen MR) is 80.8 cm³/mol. The molecule has 0 radical (unpaired) electrons. The molecule has 1 aromatic carbocycles. The van der Waals surface area contributed by atoms with E-state index in [0.29, 0.717) is 5.75 Å². The van der Waals surface area contributed by atoms with E-state index in [9.17, 15) is 10.1 Å². The molecule has 20 heavy (non-hydrogen) atoms. The molecule has 0 spiro atoms. The summed E-state index contributed by atoms with van der Waals surface area (Å²) in [5.41, 5.74) is 8.70. The van der Waals surface area contributed by atoms with Gasteiger partial charge >= 0.3 is 0 Å². The number of thioether (sulfide) groups is 1. The van der Waals surface area contributed by atoms with Gasteiger partial charge in [0.1, 0.15) is 5.69 Å². The topological polar surface area (TPSA) is 82.0 Å². The standard InChI is InChI=1S/C14H15N3O2S/c1-9-5-10(2)16-14(6-9)20-8-11-3-4-12(15)13(7-11)17(18)19/h3-7H,8,15H2,1-2H3. The summed E-state index contributed by atoms with van der Waals surface area (Å²) in [6.07, 6.45) is 0. The Labute approximate surface area is 121 Å². The summed E-state index contributed by atoms with van der Waals surface area (Å²) >= 11 is 1.55. The highest BCUT2D eigenvalue weighted by molar-refractivity contribution is 7.98. The number of aryl methyl sites for hydroxylation is 2.